The molecule has 2 N–H and O–H groups in total. The van der Waals surface area contributed by atoms with E-state index in [1.54, 1.807) is 18.2 Å². The summed E-state index contributed by atoms with van der Waals surface area (Å²) < 4.78 is 16.2. The molecule has 2 rings (SSSR count). The van der Waals surface area contributed by atoms with Gasteiger partial charge in [0.1, 0.15) is 23.7 Å². The van der Waals surface area contributed by atoms with E-state index in [4.69, 9.17) is 14.0 Å². The second-order valence-electron chi connectivity index (χ2n) is 8.92. The number of carbonyl (C=O) groups is 2. The standard InChI is InChI=1S/C24H35N3O5/c1-16(10-7-8-13-25-23(29)31-24(4,5)6)26-22(28)19-11-9-12-20(14-19)30-15-21-17(2)27-32-18(21)3/h9,11-12,14,16H,7-8,10,13,15H2,1-6H3,(H,25,29)(H,26,28)/t16-/m1/s1. The number of carbonyl (C=O) groups excluding carboxylic acids is 2. The minimum absolute atomic E-state index is 0.0101. The number of hydrogen-bond donors (Lipinski definition) is 2. The second kappa shape index (κ2) is 11.5. The number of alkyl carbamates (subject to hydrolysis) is 1. The molecule has 176 valence electrons. The van der Waals surface area contributed by atoms with Crippen molar-refractivity contribution in [2.75, 3.05) is 6.54 Å². The topological polar surface area (TPSA) is 103 Å². The van der Waals surface area contributed by atoms with Crippen LogP contribution in [0.3, 0.4) is 0 Å². The van der Waals surface area contributed by atoms with Gasteiger partial charge in [0.05, 0.1) is 11.3 Å². The highest BCUT2D eigenvalue weighted by molar-refractivity contribution is 5.94. The number of nitrogens with zero attached hydrogens (tertiary/aromatic N) is 1. The molecule has 32 heavy (non-hydrogen) atoms. The van der Waals surface area contributed by atoms with Crippen LogP contribution in [0.4, 0.5) is 4.79 Å². The van der Waals surface area contributed by atoms with Gasteiger partial charge in [0.15, 0.2) is 0 Å². The van der Waals surface area contributed by atoms with Gasteiger partial charge in [-0.2, -0.15) is 0 Å². The zero-order valence-corrected chi connectivity index (χ0v) is 19.9. The third-order valence-corrected chi connectivity index (χ3v) is 4.77. The summed E-state index contributed by atoms with van der Waals surface area (Å²) in [5.41, 5.74) is 1.75. The zero-order chi connectivity index (χ0) is 23.7. The van der Waals surface area contributed by atoms with Gasteiger partial charge in [0, 0.05) is 18.2 Å². The number of aromatic nitrogens is 1. The Morgan fingerprint density at radius 2 is 1.94 bits per heavy atom. The normalized spacial score (nSPS) is 12.2. The van der Waals surface area contributed by atoms with Gasteiger partial charge < -0.3 is 24.6 Å². The summed E-state index contributed by atoms with van der Waals surface area (Å²) in [5, 5.41) is 9.67. The summed E-state index contributed by atoms with van der Waals surface area (Å²) in [4.78, 5) is 24.2. The Bertz CT molecular complexity index is 882. The van der Waals surface area contributed by atoms with Crippen molar-refractivity contribution in [1.29, 1.82) is 0 Å². The number of nitrogens with one attached hydrogen (secondary N) is 2. The maximum absolute atomic E-state index is 12.6. The lowest BCUT2D eigenvalue weighted by atomic mass is 10.1. The smallest absolute Gasteiger partial charge is 0.407 e. The molecule has 1 aromatic heterocycles. The third-order valence-electron chi connectivity index (χ3n) is 4.77. The van der Waals surface area contributed by atoms with Crippen molar-refractivity contribution in [1.82, 2.24) is 15.8 Å². The molecule has 0 aliphatic heterocycles. The van der Waals surface area contributed by atoms with E-state index < -0.39 is 11.7 Å². The fourth-order valence-electron chi connectivity index (χ4n) is 3.05. The summed E-state index contributed by atoms with van der Waals surface area (Å²) in [5.74, 6) is 1.19. The monoisotopic (exact) mass is 445 g/mol. The summed E-state index contributed by atoms with van der Waals surface area (Å²) in [6.07, 6.45) is 2.09. The highest BCUT2D eigenvalue weighted by atomic mass is 16.6. The zero-order valence-electron chi connectivity index (χ0n) is 19.9. The van der Waals surface area contributed by atoms with Crippen LogP contribution < -0.4 is 15.4 Å². The van der Waals surface area contributed by atoms with E-state index in [9.17, 15) is 9.59 Å². The van der Waals surface area contributed by atoms with Gasteiger partial charge in [-0.3, -0.25) is 4.79 Å². The van der Waals surface area contributed by atoms with Crippen LogP contribution >= 0.6 is 0 Å². The number of unbranched alkanes of at least 4 members (excludes halogenated alkanes) is 1. The summed E-state index contributed by atoms with van der Waals surface area (Å²) in [6.45, 7) is 12.1. The van der Waals surface area contributed by atoms with Crippen LogP contribution in [0.15, 0.2) is 28.8 Å². The van der Waals surface area contributed by atoms with Crippen molar-refractivity contribution >= 4 is 12.0 Å². The number of amides is 2. The lowest BCUT2D eigenvalue weighted by Crippen LogP contribution is -2.34. The molecule has 0 fully saturated rings. The van der Waals surface area contributed by atoms with E-state index in [1.807, 2.05) is 47.6 Å². The lowest BCUT2D eigenvalue weighted by Gasteiger charge is -2.19. The number of ether oxygens (including phenoxy) is 2. The first-order chi connectivity index (χ1) is 15.0. The van der Waals surface area contributed by atoms with Crippen LogP contribution in [0.2, 0.25) is 0 Å². The largest absolute Gasteiger partial charge is 0.489 e. The Balaban J connectivity index is 1.73. The molecule has 2 aromatic rings. The van der Waals surface area contributed by atoms with Crippen molar-refractivity contribution in [2.24, 2.45) is 0 Å². The lowest BCUT2D eigenvalue weighted by molar-refractivity contribution is 0.0527. The van der Waals surface area contributed by atoms with Crippen LogP contribution in [0, 0.1) is 13.8 Å². The number of rotatable bonds is 10. The molecule has 8 heteroatoms. The van der Waals surface area contributed by atoms with E-state index in [0.29, 0.717) is 24.5 Å². The quantitative estimate of drug-likeness (QED) is 0.515. The van der Waals surface area contributed by atoms with Crippen molar-refractivity contribution in [3.63, 3.8) is 0 Å². The predicted octanol–water partition coefficient (Wildman–Crippen LogP) is 4.68. The molecule has 0 unspecified atom stereocenters. The Labute approximate surface area is 190 Å². The Hall–Kier alpha value is -3.03. The van der Waals surface area contributed by atoms with E-state index >= 15 is 0 Å². The molecule has 0 aliphatic carbocycles. The van der Waals surface area contributed by atoms with E-state index in [-0.39, 0.29) is 11.9 Å². The third kappa shape index (κ3) is 8.61. The molecule has 1 atom stereocenters. The molecule has 0 saturated heterocycles. The Kier molecular flexibility index (Phi) is 9.11. The Morgan fingerprint density at radius 1 is 1.19 bits per heavy atom. The van der Waals surface area contributed by atoms with Gasteiger partial charge >= 0.3 is 6.09 Å². The molecule has 0 saturated carbocycles. The maximum Gasteiger partial charge on any atom is 0.407 e. The fraction of sp³-hybridized carbons (Fsp3) is 0.542. The number of hydrogen-bond acceptors (Lipinski definition) is 6. The van der Waals surface area contributed by atoms with Crippen molar-refractivity contribution in [3.05, 3.63) is 46.8 Å². The maximum atomic E-state index is 12.6. The van der Waals surface area contributed by atoms with Crippen molar-refractivity contribution in [2.45, 2.75) is 79.1 Å². The van der Waals surface area contributed by atoms with Gasteiger partial charge in [-0.05, 0) is 79.0 Å². The molecule has 0 aliphatic rings. The molecule has 0 bridgehead atoms. The molecule has 1 aromatic carbocycles. The fourth-order valence-corrected chi connectivity index (χ4v) is 3.05. The van der Waals surface area contributed by atoms with Gasteiger partial charge in [-0.15, -0.1) is 0 Å². The molecular weight excluding hydrogens is 410 g/mol. The first-order valence-corrected chi connectivity index (χ1v) is 11.0. The van der Waals surface area contributed by atoms with Gasteiger partial charge in [-0.1, -0.05) is 11.2 Å². The van der Waals surface area contributed by atoms with Gasteiger partial charge in [0.2, 0.25) is 0 Å². The van der Waals surface area contributed by atoms with Crippen LogP contribution in [0.1, 0.15) is 74.3 Å². The van der Waals surface area contributed by atoms with Crippen LogP contribution in [-0.4, -0.2) is 35.3 Å². The van der Waals surface area contributed by atoms with Gasteiger partial charge in [0.25, 0.3) is 5.91 Å². The number of aryl methyl sites for hydroxylation is 2. The molecule has 2 amide bonds. The van der Waals surface area contributed by atoms with Gasteiger partial charge in [-0.25, -0.2) is 4.79 Å². The Morgan fingerprint density at radius 3 is 2.59 bits per heavy atom. The van der Waals surface area contributed by atoms with Crippen molar-refractivity contribution < 1.29 is 23.6 Å². The molecular formula is C24H35N3O5. The molecule has 0 radical (unpaired) electrons. The number of benzene rings is 1. The summed E-state index contributed by atoms with van der Waals surface area (Å²) in [7, 11) is 0. The molecule has 0 spiro atoms. The van der Waals surface area contributed by atoms with E-state index in [2.05, 4.69) is 15.8 Å². The van der Waals surface area contributed by atoms with E-state index in [1.165, 1.54) is 0 Å². The highest BCUT2D eigenvalue weighted by Crippen LogP contribution is 2.19. The first-order valence-electron chi connectivity index (χ1n) is 11.0. The minimum Gasteiger partial charge on any atom is -0.489 e. The van der Waals surface area contributed by atoms with E-state index in [0.717, 1.165) is 36.3 Å². The summed E-state index contributed by atoms with van der Waals surface area (Å²) in [6, 6.07) is 7.11. The SMILES string of the molecule is Cc1noc(C)c1COc1cccc(C(=O)N[C@H](C)CCCCNC(=O)OC(C)(C)C)c1. The van der Waals surface area contributed by atoms with Crippen LogP contribution in [0.25, 0.3) is 0 Å². The second-order valence-corrected chi connectivity index (χ2v) is 8.92. The molecule has 8 nitrogen and oxygen atoms in total. The summed E-state index contributed by atoms with van der Waals surface area (Å²) >= 11 is 0. The van der Waals surface area contributed by atoms with Crippen LogP contribution in [0.5, 0.6) is 5.75 Å². The van der Waals surface area contributed by atoms with Crippen LogP contribution in [-0.2, 0) is 11.3 Å². The average molecular weight is 446 g/mol. The first kappa shape index (κ1) is 25.2. The highest BCUT2D eigenvalue weighted by Gasteiger charge is 2.16. The predicted molar refractivity (Wildman–Crippen MR) is 122 cm³/mol. The average Bonchev–Trinajstić information content (AvgIpc) is 3.02. The van der Waals surface area contributed by atoms with Crippen molar-refractivity contribution in [3.8, 4) is 5.75 Å². The minimum atomic E-state index is -0.500. The molecule has 1 heterocycles.